The Kier molecular flexibility index (Phi) is 5.24. The van der Waals surface area contributed by atoms with Crippen molar-refractivity contribution < 1.29 is 4.92 Å². The summed E-state index contributed by atoms with van der Waals surface area (Å²) < 4.78 is 0. The van der Waals surface area contributed by atoms with Gasteiger partial charge in [-0.15, -0.1) is 0 Å². The Balaban J connectivity index is 3.15. The van der Waals surface area contributed by atoms with Gasteiger partial charge < -0.3 is 10.2 Å². The van der Waals surface area contributed by atoms with Crippen molar-refractivity contribution in [3.8, 4) is 0 Å². The third-order valence-corrected chi connectivity index (χ3v) is 2.60. The third-order valence-electron chi connectivity index (χ3n) is 2.60. The van der Waals surface area contributed by atoms with E-state index in [1.165, 1.54) is 6.33 Å². The molecule has 1 rings (SSSR count). The van der Waals surface area contributed by atoms with Gasteiger partial charge in [0.15, 0.2) is 0 Å². The van der Waals surface area contributed by atoms with E-state index in [4.69, 9.17) is 0 Å². The van der Waals surface area contributed by atoms with Crippen LogP contribution in [-0.2, 0) is 0 Å². The minimum atomic E-state index is -0.424. The van der Waals surface area contributed by atoms with Gasteiger partial charge in [0.25, 0.3) is 0 Å². The van der Waals surface area contributed by atoms with Crippen LogP contribution in [0.5, 0.6) is 0 Å². The van der Waals surface area contributed by atoms with Crippen molar-refractivity contribution in [2.24, 2.45) is 5.41 Å². The highest BCUT2D eigenvalue weighted by molar-refractivity contribution is 5.70. The van der Waals surface area contributed by atoms with Gasteiger partial charge in [0.2, 0.25) is 11.6 Å². The zero-order valence-corrected chi connectivity index (χ0v) is 12.8. The molecular weight excluding hydrogens is 258 g/mol. The first-order chi connectivity index (χ1) is 9.26. The van der Waals surface area contributed by atoms with Crippen LogP contribution in [0.2, 0.25) is 0 Å². The number of aromatic nitrogens is 2. The number of hydrogen-bond donors (Lipinski definition) is 1. The van der Waals surface area contributed by atoms with E-state index in [2.05, 4.69) is 36.1 Å². The molecule has 0 aromatic carbocycles. The normalized spacial score (nSPS) is 11.2. The van der Waals surface area contributed by atoms with Crippen LogP contribution < -0.4 is 10.2 Å². The molecule has 0 amide bonds. The zero-order chi connectivity index (χ0) is 15.3. The molecule has 1 N–H and O–H groups in total. The maximum absolute atomic E-state index is 11.3. The summed E-state index contributed by atoms with van der Waals surface area (Å²) in [5.41, 5.74) is -0.0439. The molecule has 1 aromatic heterocycles. The van der Waals surface area contributed by atoms with Crippen LogP contribution in [-0.4, -0.2) is 35.0 Å². The van der Waals surface area contributed by atoms with Crippen LogP contribution in [0.25, 0.3) is 0 Å². The molecule has 112 valence electrons. The molecule has 0 aliphatic rings. The molecule has 0 unspecified atom stereocenters. The molecule has 20 heavy (non-hydrogen) atoms. The summed E-state index contributed by atoms with van der Waals surface area (Å²) in [5, 5.41) is 14.3. The van der Waals surface area contributed by atoms with Crippen LogP contribution in [0.15, 0.2) is 6.33 Å². The molecule has 0 bridgehead atoms. The quantitative estimate of drug-likeness (QED) is 0.637. The maximum atomic E-state index is 11.3. The molecule has 1 heterocycles. The van der Waals surface area contributed by atoms with Gasteiger partial charge in [-0.3, -0.25) is 10.1 Å². The van der Waals surface area contributed by atoms with Crippen LogP contribution in [0, 0.1) is 15.5 Å². The second kappa shape index (κ2) is 6.49. The fourth-order valence-electron chi connectivity index (χ4n) is 1.98. The van der Waals surface area contributed by atoms with Gasteiger partial charge in [-0.1, -0.05) is 27.7 Å². The van der Waals surface area contributed by atoms with E-state index in [-0.39, 0.29) is 16.9 Å². The molecule has 0 atom stereocenters. The van der Waals surface area contributed by atoms with E-state index in [0.29, 0.717) is 18.9 Å². The molecule has 0 aliphatic carbocycles. The zero-order valence-electron chi connectivity index (χ0n) is 12.8. The van der Waals surface area contributed by atoms with Crippen molar-refractivity contribution in [3.63, 3.8) is 0 Å². The van der Waals surface area contributed by atoms with Gasteiger partial charge in [0.05, 0.1) is 4.92 Å². The fraction of sp³-hybridized carbons (Fsp3) is 0.692. The van der Waals surface area contributed by atoms with Gasteiger partial charge in [0, 0.05) is 20.1 Å². The standard InChI is InChI=1S/C13H23N5O2/c1-6-7-14-11-10(18(19)20)12(16-9-15-11)17(5)8-13(2,3)4/h9H,6-8H2,1-5H3,(H,14,15,16). The number of hydrogen-bond acceptors (Lipinski definition) is 6. The largest absolute Gasteiger partial charge is 0.364 e. The van der Waals surface area contributed by atoms with Crippen molar-refractivity contribution in [3.05, 3.63) is 16.4 Å². The first kappa shape index (κ1) is 16.1. The van der Waals surface area contributed by atoms with Crippen LogP contribution >= 0.6 is 0 Å². The van der Waals surface area contributed by atoms with E-state index in [0.717, 1.165) is 6.42 Å². The smallest absolute Gasteiger partial charge is 0.353 e. The second-order valence-corrected chi connectivity index (χ2v) is 6.00. The minimum Gasteiger partial charge on any atom is -0.364 e. The van der Waals surface area contributed by atoms with Crippen LogP contribution in [0.4, 0.5) is 17.3 Å². The summed E-state index contributed by atoms with van der Waals surface area (Å²) in [6, 6.07) is 0. The summed E-state index contributed by atoms with van der Waals surface area (Å²) in [4.78, 5) is 20.8. The Bertz CT molecular complexity index is 470. The van der Waals surface area contributed by atoms with Gasteiger partial charge in [-0.2, -0.15) is 0 Å². The Morgan fingerprint density at radius 1 is 1.40 bits per heavy atom. The highest BCUT2D eigenvalue weighted by Gasteiger charge is 2.27. The fourth-order valence-corrected chi connectivity index (χ4v) is 1.98. The van der Waals surface area contributed by atoms with E-state index < -0.39 is 4.92 Å². The molecule has 0 aliphatic heterocycles. The molecule has 0 fully saturated rings. The topological polar surface area (TPSA) is 84.2 Å². The van der Waals surface area contributed by atoms with Crippen LogP contribution in [0.1, 0.15) is 34.1 Å². The number of nitrogens with zero attached hydrogens (tertiary/aromatic N) is 4. The predicted octanol–water partition coefficient (Wildman–Crippen LogP) is 2.69. The summed E-state index contributed by atoms with van der Waals surface area (Å²) in [6.45, 7) is 9.53. The van der Waals surface area contributed by atoms with E-state index in [9.17, 15) is 10.1 Å². The first-order valence-corrected chi connectivity index (χ1v) is 6.70. The summed E-state index contributed by atoms with van der Waals surface area (Å²) in [7, 11) is 1.81. The highest BCUT2D eigenvalue weighted by atomic mass is 16.6. The molecule has 7 nitrogen and oxygen atoms in total. The number of nitrogens with one attached hydrogen (secondary N) is 1. The Morgan fingerprint density at radius 2 is 2.05 bits per heavy atom. The Labute approximate surface area is 119 Å². The lowest BCUT2D eigenvalue weighted by Gasteiger charge is -2.27. The van der Waals surface area contributed by atoms with E-state index >= 15 is 0 Å². The lowest BCUT2D eigenvalue weighted by Crippen LogP contribution is -2.30. The summed E-state index contributed by atoms with van der Waals surface area (Å²) in [5.74, 6) is 0.626. The predicted molar refractivity (Wildman–Crippen MR) is 80.2 cm³/mol. The SMILES string of the molecule is CCCNc1ncnc(N(C)CC(C)(C)C)c1[N+](=O)[O-]. The molecular formula is C13H23N5O2. The third kappa shape index (κ3) is 4.32. The number of anilines is 2. The Morgan fingerprint density at radius 3 is 2.55 bits per heavy atom. The lowest BCUT2D eigenvalue weighted by molar-refractivity contribution is -0.383. The average molecular weight is 281 g/mol. The second-order valence-electron chi connectivity index (χ2n) is 6.00. The van der Waals surface area contributed by atoms with E-state index in [1.807, 2.05) is 14.0 Å². The number of nitro groups is 1. The molecule has 7 heteroatoms. The number of rotatable bonds is 6. The Hall–Kier alpha value is -1.92. The monoisotopic (exact) mass is 281 g/mol. The van der Waals surface area contributed by atoms with Crippen molar-refractivity contribution >= 4 is 17.3 Å². The maximum Gasteiger partial charge on any atom is 0.353 e. The van der Waals surface area contributed by atoms with Crippen molar-refractivity contribution in [2.75, 3.05) is 30.4 Å². The summed E-state index contributed by atoms with van der Waals surface area (Å²) >= 11 is 0. The lowest BCUT2D eigenvalue weighted by atomic mass is 9.96. The van der Waals surface area contributed by atoms with Gasteiger partial charge in [-0.25, -0.2) is 9.97 Å². The first-order valence-electron chi connectivity index (χ1n) is 6.70. The molecule has 0 spiro atoms. The molecule has 0 saturated carbocycles. The van der Waals surface area contributed by atoms with Gasteiger partial charge in [-0.05, 0) is 11.8 Å². The van der Waals surface area contributed by atoms with Crippen molar-refractivity contribution in [1.29, 1.82) is 0 Å². The van der Waals surface area contributed by atoms with Gasteiger partial charge in [0.1, 0.15) is 6.33 Å². The van der Waals surface area contributed by atoms with E-state index in [1.54, 1.807) is 4.90 Å². The molecule has 0 radical (unpaired) electrons. The summed E-state index contributed by atoms with van der Waals surface area (Å²) in [6.07, 6.45) is 2.23. The van der Waals surface area contributed by atoms with Crippen molar-refractivity contribution in [1.82, 2.24) is 9.97 Å². The average Bonchev–Trinajstić information content (AvgIpc) is 2.33. The van der Waals surface area contributed by atoms with Gasteiger partial charge >= 0.3 is 5.69 Å². The van der Waals surface area contributed by atoms with Crippen LogP contribution in [0.3, 0.4) is 0 Å². The molecule has 0 saturated heterocycles. The highest BCUT2D eigenvalue weighted by Crippen LogP contribution is 2.32. The van der Waals surface area contributed by atoms with Crippen molar-refractivity contribution in [2.45, 2.75) is 34.1 Å². The molecule has 1 aromatic rings. The minimum absolute atomic E-state index is 0.0184.